The molecule has 29 heavy (non-hydrogen) atoms. The SMILES string of the molecule is CC(=O)OCCCN1C(CN2CCOCC2)=Cc2cc(S(N)(=O)=O)sc2S1(=O)=O. The van der Waals surface area contributed by atoms with Gasteiger partial charge in [-0.3, -0.25) is 14.0 Å². The van der Waals surface area contributed by atoms with Crippen molar-refractivity contribution in [1.29, 1.82) is 0 Å². The number of hydrogen-bond donors (Lipinski definition) is 1. The van der Waals surface area contributed by atoms with Crippen LogP contribution in [0.3, 0.4) is 0 Å². The summed E-state index contributed by atoms with van der Waals surface area (Å²) in [4.78, 5) is 13.0. The first-order valence-electron chi connectivity index (χ1n) is 8.92. The summed E-state index contributed by atoms with van der Waals surface area (Å²) in [5.41, 5.74) is 0.847. The molecule has 0 spiro atoms. The molecular weight excluding hydrogens is 442 g/mol. The number of fused-ring (bicyclic) bond motifs is 1. The van der Waals surface area contributed by atoms with Gasteiger partial charge in [-0.2, -0.15) is 0 Å². The second-order valence-corrected chi connectivity index (χ2v) is 11.5. The fourth-order valence-corrected chi connectivity index (χ4v) is 7.25. The third kappa shape index (κ3) is 5.16. The van der Waals surface area contributed by atoms with Gasteiger partial charge in [0.25, 0.3) is 10.0 Å². The van der Waals surface area contributed by atoms with Crippen LogP contribution in [-0.4, -0.2) is 78.0 Å². The average Bonchev–Trinajstić information content (AvgIpc) is 3.07. The van der Waals surface area contributed by atoms with Crippen molar-refractivity contribution >= 4 is 43.4 Å². The van der Waals surface area contributed by atoms with Crippen LogP contribution in [0.5, 0.6) is 0 Å². The Morgan fingerprint density at radius 1 is 1.34 bits per heavy atom. The maximum absolute atomic E-state index is 13.2. The molecule has 3 heterocycles. The van der Waals surface area contributed by atoms with Gasteiger partial charge in [-0.25, -0.2) is 22.0 Å². The van der Waals surface area contributed by atoms with E-state index in [4.69, 9.17) is 14.6 Å². The molecule has 0 radical (unpaired) electrons. The predicted molar refractivity (Wildman–Crippen MR) is 106 cm³/mol. The molecule has 0 aliphatic carbocycles. The molecule has 0 aromatic carbocycles. The average molecular weight is 466 g/mol. The number of carbonyl (C=O) groups is 1. The monoisotopic (exact) mass is 465 g/mol. The van der Waals surface area contributed by atoms with Gasteiger partial charge in [-0.05, 0) is 12.1 Å². The van der Waals surface area contributed by atoms with E-state index in [-0.39, 0.29) is 21.6 Å². The molecule has 2 aliphatic heterocycles. The van der Waals surface area contributed by atoms with E-state index in [1.165, 1.54) is 17.3 Å². The molecule has 0 unspecified atom stereocenters. The minimum Gasteiger partial charge on any atom is -0.466 e. The summed E-state index contributed by atoms with van der Waals surface area (Å²) >= 11 is 0.639. The Bertz CT molecular complexity index is 1010. The Kier molecular flexibility index (Phi) is 6.65. The van der Waals surface area contributed by atoms with Crippen LogP contribution in [0.1, 0.15) is 18.9 Å². The Hall–Kier alpha value is -1.51. The number of hydrogen-bond acceptors (Lipinski definition) is 9. The lowest BCUT2D eigenvalue weighted by atomic mass is 10.2. The van der Waals surface area contributed by atoms with Crippen molar-refractivity contribution in [3.8, 4) is 0 Å². The number of morpholine rings is 1. The van der Waals surface area contributed by atoms with Gasteiger partial charge in [0, 0.05) is 50.8 Å². The van der Waals surface area contributed by atoms with Gasteiger partial charge in [0.15, 0.2) is 0 Å². The summed E-state index contributed by atoms with van der Waals surface area (Å²) in [5, 5.41) is 5.19. The van der Waals surface area contributed by atoms with E-state index in [0.717, 1.165) is 0 Å². The number of carbonyl (C=O) groups excluding carboxylic acids is 1. The van der Waals surface area contributed by atoms with E-state index in [0.29, 0.717) is 61.9 Å². The summed E-state index contributed by atoms with van der Waals surface area (Å²) in [7, 11) is -7.98. The molecule has 10 nitrogen and oxygen atoms in total. The van der Waals surface area contributed by atoms with Crippen LogP contribution in [0.2, 0.25) is 0 Å². The molecule has 1 saturated heterocycles. The Balaban J connectivity index is 1.92. The van der Waals surface area contributed by atoms with Crippen LogP contribution < -0.4 is 5.14 Å². The zero-order valence-electron chi connectivity index (χ0n) is 15.9. The first-order valence-corrected chi connectivity index (χ1v) is 12.7. The summed E-state index contributed by atoms with van der Waals surface area (Å²) in [6.07, 6.45) is 1.99. The summed E-state index contributed by atoms with van der Waals surface area (Å²) in [5.74, 6) is -0.436. The second kappa shape index (κ2) is 8.70. The van der Waals surface area contributed by atoms with Crippen LogP contribution in [0.4, 0.5) is 0 Å². The Labute approximate surface area is 174 Å². The molecule has 1 aromatic heterocycles. The van der Waals surface area contributed by atoms with Crippen molar-refractivity contribution in [2.75, 3.05) is 46.0 Å². The molecular formula is C16H23N3O7S3. The first-order chi connectivity index (χ1) is 13.6. The summed E-state index contributed by atoms with van der Waals surface area (Å²) in [6, 6.07) is 1.29. The smallest absolute Gasteiger partial charge is 0.302 e. The van der Waals surface area contributed by atoms with Crippen LogP contribution >= 0.6 is 11.3 Å². The van der Waals surface area contributed by atoms with Crippen molar-refractivity contribution < 1.29 is 31.1 Å². The third-order valence-electron chi connectivity index (χ3n) is 4.45. The van der Waals surface area contributed by atoms with E-state index >= 15 is 0 Å². The molecule has 0 bridgehead atoms. The normalized spacial score (nSPS) is 19.5. The minimum absolute atomic E-state index is 0.0558. The first kappa shape index (κ1) is 22.2. The topological polar surface area (TPSA) is 136 Å². The molecule has 13 heteroatoms. The van der Waals surface area contributed by atoms with E-state index in [9.17, 15) is 21.6 Å². The van der Waals surface area contributed by atoms with Crippen molar-refractivity contribution in [3.63, 3.8) is 0 Å². The standard InChI is InChI=1S/C16H23N3O7S3/c1-12(20)26-6-2-3-19-14(11-18-4-7-25-8-5-18)9-13-10-15(28(17,21)22)27-16(13)29(19,23)24/h9-10H,2-8,11H2,1H3,(H2,17,21,22). The number of ether oxygens (including phenoxy) is 2. The van der Waals surface area contributed by atoms with Crippen LogP contribution in [-0.2, 0) is 34.3 Å². The lowest BCUT2D eigenvalue weighted by Crippen LogP contribution is -2.43. The van der Waals surface area contributed by atoms with Crippen molar-refractivity contribution in [1.82, 2.24) is 9.21 Å². The number of nitrogens with zero attached hydrogens (tertiary/aromatic N) is 2. The number of thiophene rings is 1. The van der Waals surface area contributed by atoms with Gasteiger partial charge in [-0.1, -0.05) is 0 Å². The van der Waals surface area contributed by atoms with Crippen molar-refractivity contribution in [2.24, 2.45) is 5.14 Å². The van der Waals surface area contributed by atoms with E-state index in [1.807, 2.05) is 0 Å². The highest BCUT2D eigenvalue weighted by molar-refractivity contribution is 7.94. The Morgan fingerprint density at radius 2 is 2.03 bits per heavy atom. The third-order valence-corrected chi connectivity index (χ3v) is 9.40. The predicted octanol–water partition coefficient (Wildman–Crippen LogP) is 0.0261. The second-order valence-electron chi connectivity index (χ2n) is 6.65. The highest BCUT2D eigenvalue weighted by atomic mass is 32.3. The fraction of sp³-hybridized carbons (Fsp3) is 0.562. The van der Waals surface area contributed by atoms with E-state index < -0.39 is 26.0 Å². The summed E-state index contributed by atoms with van der Waals surface area (Å²) in [6.45, 7) is 4.30. The quantitative estimate of drug-likeness (QED) is 0.440. The molecule has 1 aromatic rings. The van der Waals surface area contributed by atoms with Crippen molar-refractivity contribution in [2.45, 2.75) is 21.8 Å². The zero-order valence-corrected chi connectivity index (χ0v) is 18.3. The molecule has 1 fully saturated rings. The van der Waals surface area contributed by atoms with Crippen LogP contribution in [0, 0.1) is 0 Å². The zero-order chi connectivity index (χ0) is 21.2. The maximum atomic E-state index is 13.2. The van der Waals surface area contributed by atoms with Crippen LogP contribution in [0.15, 0.2) is 20.2 Å². The number of primary sulfonamides is 1. The number of esters is 1. The molecule has 0 amide bonds. The lowest BCUT2D eigenvalue weighted by Gasteiger charge is -2.34. The molecule has 2 aliphatic rings. The number of nitrogens with two attached hydrogens (primary N) is 1. The van der Waals surface area contributed by atoms with Gasteiger partial charge in [0.05, 0.1) is 19.8 Å². The van der Waals surface area contributed by atoms with Crippen molar-refractivity contribution in [3.05, 3.63) is 17.3 Å². The highest BCUT2D eigenvalue weighted by Crippen LogP contribution is 2.38. The largest absolute Gasteiger partial charge is 0.466 e. The molecule has 0 atom stereocenters. The van der Waals surface area contributed by atoms with Crippen LogP contribution in [0.25, 0.3) is 6.08 Å². The van der Waals surface area contributed by atoms with Gasteiger partial charge < -0.3 is 9.47 Å². The molecule has 2 N–H and O–H groups in total. The maximum Gasteiger partial charge on any atom is 0.302 e. The van der Waals surface area contributed by atoms with Gasteiger partial charge in [0.1, 0.15) is 8.42 Å². The van der Waals surface area contributed by atoms with Gasteiger partial charge >= 0.3 is 5.97 Å². The molecule has 0 saturated carbocycles. The van der Waals surface area contributed by atoms with E-state index in [1.54, 1.807) is 6.08 Å². The van der Waals surface area contributed by atoms with E-state index in [2.05, 4.69) is 4.90 Å². The Morgan fingerprint density at radius 3 is 2.66 bits per heavy atom. The highest BCUT2D eigenvalue weighted by Gasteiger charge is 2.36. The molecule has 3 rings (SSSR count). The minimum atomic E-state index is -4.02. The van der Waals surface area contributed by atoms with Gasteiger partial charge in [-0.15, -0.1) is 11.3 Å². The fourth-order valence-electron chi connectivity index (χ4n) is 3.11. The summed E-state index contributed by atoms with van der Waals surface area (Å²) < 4.78 is 61.1. The molecule has 162 valence electrons. The number of sulfonamides is 2. The van der Waals surface area contributed by atoms with Gasteiger partial charge in [0.2, 0.25) is 10.0 Å². The number of rotatable bonds is 7. The lowest BCUT2D eigenvalue weighted by molar-refractivity contribution is -0.141.